The minimum atomic E-state index is -4.58. The Labute approximate surface area is 270 Å². The molecule has 0 fully saturated rings. The maximum atomic E-state index is 12.1. The highest BCUT2D eigenvalue weighted by atomic mass is 31.2. The predicted octanol–water partition coefficient (Wildman–Crippen LogP) is 12.1. The summed E-state index contributed by atoms with van der Waals surface area (Å²) in [5.41, 5.74) is -0.828. The third-order valence-electron chi connectivity index (χ3n) is 9.29. The lowest BCUT2D eigenvalue weighted by Gasteiger charge is -2.41. The topological polar surface area (TPSA) is 66.8 Å². The molecule has 0 aromatic heterocycles. The maximum absolute atomic E-state index is 12.1. The molecule has 0 aromatic rings. The van der Waals surface area contributed by atoms with Gasteiger partial charge in [0.15, 0.2) is 0 Å². The minimum Gasteiger partial charge on any atom is -0.329 e. The van der Waals surface area contributed by atoms with Crippen LogP contribution in [0.3, 0.4) is 0 Å². The van der Waals surface area contributed by atoms with Crippen LogP contribution >= 0.6 is 7.82 Å². The van der Waals surface area contributed by atoms with Crippen LogP contribution in [-0.2, 0) is 9.09 Å². The Morgan fingerprint density at radius 1 is 0.535 bits per heavy atom. The molecule has 6 heteroatoms. The molecule has 0 aliphatic carbocycles. The first kappa shape index (κ1) is 43.1. The first-order valence-electron chi connectivity index (χ1n) is 19.0. The molecule has 0 saturated heterocycles. The standard InChI is InChI=1S/C37H78NO4P/c1-7-9-11-13-15-17-19-21-23-25-27-29-31-33-36(37(3,35-38(4,5)6)42-43(39,40)41)34-32-30-28-26-24-22-20-18-16-14-12-10-8-2/h36H,7-35H2,1-6H3,(H-,39,40,41)/p+1. The van der Waals surface area contributed by atoms with E-state index in [0.29, 0.717) is 11.0 Å². The molecule has 2 N–H and O–H groups in total. The Morgan fingerprint density at radius 3 is 1.02 bits per heavy atom. The lowest BCUT2D eigenvalue weighted by molar-refractivity contribution is -0.877. The second-order valence-corrected chi connectivity index (χ2v) is 16.3. The quantitative estimate of drug-likeness (QED) is 0.0429. The Bertz CT molecular complexity index is 617. The third-order valence-corrected chi connectivity index (χ3v) is 9.95. The van der Waals surface area contributed by atoms with Gasteiger partial charge in [0.1, 0.15) is 12.1 Å². The van der Waals surface area contributed by atoms with Crippen molar-refractivity contribution < 1.29 is 23.4 Å². The number of phosphoric ester groups is 1. The van der Waals surface area contributed by atoms with E-state index in [2.05, 4.69) is 35.0 Å². The van der Waals surface area contributed by atoms with Crippen LogP contribution in [0.5, 0.6) is 0 Å². The van der Waals surface area contributed by atoms with Crippen LogP contribution in [0.25, 0.3) is 0 Å². The summed E-state index contributed by atoms with van der Waals surface area (Å²) < 4.78 is 18.4. The molecular weight excluding hydrogens is 553 g/mol. The molecule has 0 spiro atoms. The molecule has 0 aliphatic heterocycles. The van der Waals surface area contributed by atoms with Crippen molar-refractivity contribution in [3.05, 3.63) is 0 Å². The van der Waals surface area contributed by atoms with Gasteiger partial charge in [-0.1, -0.05) is 181 Å². The fourth-order valence-electron chi connectivity index (χ4n) is 7.02. The van der Waals surface area contributed by atoms with Gasteiger partial charge in [0.05, 0.1) is 21.1 Å². The molecule has 0 radical (unpaired) electrons. The van der Waals surface area contributed by atoms with Crippen molar-refractivity contribution >= 4 is 7.82 Å². The second kappa shape index (κ2) is 27.2. The van der Waals surface area contributed by atoms with Crippen LogP contribution in [0, 0.1) is 5.92 Å². The normalized spacial score (nSPS) is 14.1. The van der Waals surface area contributed by atoms with Crippen LogP contribution in [-0.4, -0.2) is 47.6 Å². The highest BCUT2D eigenvalue weighted by Crippen LogP contribution is 2.47. The van der Waals surface area contributed by atoms with Crippen molar-refractivity contribution in [1.82, 2.24) is 0 Å². The van der Waals surface area contributed by atoms with Gasteiger partial charge in [-0.05, 0) is 25.7 Å². The monoisotopic (exact) mass is 633 g/mol. The van der Waals surface area contributed by atoms with Crippen molar-refractivity contribution in [2.75, 3.05) is 27.7 Å². The van der Waals surface area contributed by atoms with E-state index in [1.807, 2.05) is 6.92 Å². The third kappa shape index (κ3) is 29.2. The van der Waals surface area contributed by atoms with E-state index in [9.17, 15) is 14.4 Å². The molecule has 0 saturated carbocycles. The van der Waals surface area contributed by atoms with Crippen molar-refractivity contribution in [2.45, 2.75) is 206 Å². The van der Waals surface area contributed by atoms with Gasteiger partial charge < -0.3 is 14.3 Å². The Kier molecular flexibility index (Phi) is 27.3. The number of hydrogen-bond acceptors (Lipinski definition) is 2. The van der Waals surface area contributed by atoms with E-state index >= 15 is 0 Å². The summed E-state index contributed by atoms with van der Waals surface area (Å²) in [5.74, 6) is 0.165. The molecule has 0 amide bonds. The molecule has 0 bridgehead atoms. The average Bonchev–Trinajstić information content (AvgIpc) is 2.90. The second-order valence-electron chi connectivity index (χ2n) is 15.1. The molecule has 1 unspecified atom stereocenters. The molecule has 260 valence electrons. The molecule has 0 aliphatic rings. The number of hydrogen-bond donors (Lipinski definition) is 2. The highest BCUT2D eigenvalue weighted by molar-refractivity contribution is 7.46. The lowest BCUT2D eigenvalue weighted by Crippen LogP contribution is -2.52. The number of unbranched alkanes of at least 4 members (excludes halogenated alkanes) is 24. The smallest absolute Gasteiger partial charge is 0.329 e. The van der Waals surface area contributed by atoms with Crippen molar-refractivity contribution in [1.29, 1.82) is 0 Å². The van der Waals surface area contributed by atoms with Crippen molar-refractivity contribution in [3.8, 4) is 0 Å². The summed E-state index contributed by atoms with van der Waals surface area (Å²) in [6, 6.07) is 0. The summed E-state index contributed by atoms with van der Waals surface area (Å²) in [5, 5.41) is 0. The van der Waals surface area contributed by atoms with Gasteiger partial charge in [-0.2, -0.15) is 0 Å². The van der Waals surface area contributed by atoms with E-state index in [-0.39, 0.29) is 5.92 Å². The number of likely N-dealkylation sites (N-methyl/N-ethyl adjacent to an activating group) is 1. The molecule has 1 atom stereocenters. The molecule has 5 nitrogen and oxygen atoms in total. The lowest BCUT2D eigenvalue weighted by atomic mass is 9.80. The molecular formula is C37H79NO4P+. The zero-order chi connectivity index (χ0) is 32.3. The average molecular weight is 633 g/mol. The van der Waals surface area contributed by atoms with Crippen LogP contribution < -0.4 is 0 Å². The van der Waals surface area contributed by atoms with Gasteiger partial charge in [-0.15, -0.1) is 0 Å². The zero-order valence-electron chi connectivity index (χ0n) is 30.2. The Morgan fingerprint density at radius 2 is 0.791 bits per heavy atom. The van der Waals surface area contributed by atoms with E-state index in [1.54, 1.807) is 0 Å². The summed E-state index contributed by atoms with van der Waals surface area (Å²) in [6.45, 7) is 7.12. The van der Waals surface area contributed by atoms with Gasteiger partial charge in [-0.25, -0.2) is 4.57 Å². The number of phosphoric acid groups is 1. The summed E-state index contributed by atoms with van der Waals surface area (Å²) in [6.07, 6.45) is 36.7. The van der Waals surface area contributed by atoms with Gasteiger partial charge in [0, 0.05) is 0 Å². The molecule has 0 rings (SSSR count). The van der Waals surface area contributed by atoms with E-state index in [1.165, 1.54) is 154 Å². The van der Waals surface area contributed by atoms with E-state index < -0.39 is 13.4 Å². The van der Waals surface area contributed by atoms with Crippen LogP contribution in [0.4, 0.5) is 0 Å². The zero-order valence-corrected chi connectivity index (χ0v) is 31.1. The number of nitrogens with zero attached hydrogens (tertiary/aromatic N) is 1. The Balaban J connectivity index is 4.52. The fourth-order valence-corrected chi connectivity index (χ4v) is 7.77. The molecule has 0 aromatic carbocycles. The first-order chi connectivity index (χ1) is 20.4. The summed E-state index contributed by atoms with van der Waals surface area (Å²) in [7, 11) is 1.70. The number of quaternary nitrogens is 1. The van der Waals surface area contributed by atoms with Gasteiger partial charge in [0.2, 0.25) is 0 Å². The van der Waals surface area contributed by atoms with Crippen LogP contribution in [0.15, 0.2) is 0 Å². The van der Waals surface area contributed by atoms with Crippen LogP contribution in [0.1, 0.15) is 201 Å². The fraction of sp³-hybridized carbons (Fsp3) is 1.00. The summed E-state index contributed by atoms with van der Waals surface area (Å²) in [4.78, 5) is 19.7. The summed E-state index contributed by atoms with van der Waals surface area (Å²) >= 11 is 0. The molecule has 0 heterocycles. The van der Waals surface area contributed by atoms with Crippen LogP contribution in [0.2, 0.25) is 0 Å². The number of rotatable bonds is 33. The maximum Gasteiger partial charge on any atom is 0.470 e. The first-order valence-corrected chi connectivity index (χ1v) is 20.5. The van der Waals surface area contributed by atoms with Gasteiger partial charge in [0.25, 0.3) is 0 Å². The Hall–Kier alpha value is 0.0700. The van der Waals surface area contributed by atoms with Crippen molar-refractivity contribution in [2.24, 2.45) is 5.92 Å². The van der Waals surface area contributed by atoms with Crippen molar-refractivity contribution in [3.63, 3.8) is 0 Å². The van der Waals surface area contributed by atoms with E-state index in [4.69, 9.17) is 4.52 Å². The predicted molar refractivity (Wildman–Crippen MR) is 189 cm³/mol. The SMILES string of the molecule is CCCCCCCCCCCCCCCC(CCCCCCCCCCCCCCC)C(C)(C[N+](C)(C)C)OP(=O)(O)O. The largest absolute Gasteiger partial charge is 0.470 e. The minimum absolute atomic E-state index is 0.165. The van der Waals surface area contributed by atoms with Gasteiger partial charge >= 0.3 is 7.82 Å². The highest BCUT2D eigenvalue weighted by Gasteiger charge is 2.44. The van der Waals surface area contributed by atoms with E-state index in [0.717, 1.165) is 25.7 Å². The van der Waals surface area contributed by atoms with Gasteiger partial charge in [-0.3, -0.25) is 4.52 Å². The molecule has 43 heavy (non-hydrogen) atoms.